The summed E-state index contributed by atoms with van der Waals surface area (Å²) in [5, 5.41) is 6.67. The van der Waals surface area contributed by atoms with Crippen molar-refractivity contribution in [2.75, 3.05) is 32.0 Å². The number of anilines is 2. The largest absolute Gasteiger partial charge is 0.493 e. The third-order valence-corrected chi connectivity index (χ3v) is 6.74. The summed E-state index contributed by atoms with van der Waals surface area (Å²) in [7, 11) is 4.62. The molecule has 8 heteroatoms. The SMILES string of the molecule is COc1cc([C@H]2CC(=O)C3=C(C2)Nc2ccccc2N[C@H]3c2cc(F)ccc2F)cc(OC)c1OC. The maximum atomic E-state index is 14.9. The first kappa shape index (κ1) is 23.7. The van der Waals surface area contributed by atoms with Crippen LogP contribution in [-0.2, 0) is 4.79 Å². The number of fused-ring (bicyclic) bond motifs is 1. The number of hydrogen-bond acceptors (Lipinski definition) is 6. The molecule has 2 N–H and O–H groups in total. The molecule has 1 aliphatic heterocycles. The average molecular weight is 493 g/mol. The van der Waals surface area contributed by atoms with Gasteiger partial charge in [-0.3, -0.25) is 4.79 Å². The van der Waals surface area contributed by atoms with Gasteiger partial charge in [-0.1, -0.05) is 12.1 Å². The van der Waals surface area contributed by atoms with Crippen LogP contribution in [0.5, 0.6) is 17.2 Å². The highest BCUT2D eigenvalue weighted by molar-refractivity contribution is 6.01. The Kier molecular flexibility index (Phi) is 6.26. The molecule has 0 fully saturated rings. The minimum absolute atomic E-state index is 0.0839. The van der Waals surface area contributed by atoms with Crippen molar-refractivity contribution >= 4 is 17.2 Å². The molecule has 3 aromatic rings. The van der Waals surface area contributed by atoms with E-state index in [1.807, 2.05) is 36.4 Å². The van der Waals surface area contributed by atoms with Gasteiger partial charge in [-0.05, 0) is 60.4 Å². The van der Waals surface area contributed by atoms with E-state index in [1.54, 1.807) is 14.2 Å². The molecule has 6 nitrogen and oxygen atoms in total. The highest BCUT2D eigenvalue weighted by Crippen LogP contribution is 2.47. The van der Waals surface area contributed by atoms with E-state index in [2.05, 4.69) is 10.6 Å². The van der Waals surface area contributed by atoms with Crippen LogP contribution in [0.15, 0.2) is 65.9 Å². The monoisotopic (exact) mass is 492 g/mol. The van der Waals surface area contributed by atoms with E-state index in [1.165, 1.54) is 7.11 Å². The minimum Gasteiger partial charge on any atom is -0.493 e. The van der Waals surface area contributed by atoms with Crippen LogP contribution in [0.1, 0.15) is 35.9 Å². The van der Waals surface area contributed by atoms with E-state index < -0.39 is 17.7 Å². The third-order valence-electron chi connectivity index (χ3n) is 6.74. The van der Waals surface area contributed by atoms with Crippen molar-refractivity contribution in [1.82, 2.24) is 0 Å². The molecule has 186 valence electrons. The number of para-hydroxylation sites is 2. The van der Waals surface area contributed by atoms with Crippen molar-refractivity contribution in [3.63, 3.8) is 0 Å². The quantitative estimate of drug-likeness (QED) is 0.457. The topological polar surface area (TPSA) is 68.8 Å². The Bertz CT molecular complexity index is 1350. The number of ketones is 1. The number of benzene rings is 3. The van der Waals surface area contributed by atoms with Crippen molar-refractivity contribution in [2.24, 2.45) is 0 Å². The van der Waals surface area contributed by atoms with E-state index >= 15 is 0 Å². The van der Waals surface area contributed by atoms with Gasteiger partial charge in [-0.15, -0.1) is 0 Å². The second-order valence-corrected chi connectivity index (χ2v) is 8.79. The summed E-state index contributed by atoms with van der Waals surface area (Å²) in [6, 6.07) is 13.6. The summed E-state index contributed by atoms with van der Waals surface area (Å²) in [6.45, 7) is 0. The van der Waals surface area contributed by atoms with Crippen LogP contribution in [0.2, 0.25) is 0 Å². The number of methoxy groups -OCH3 is 3. The molecular formula is C28H26F2N2O4. The van der Waals surface area contributed by atoms with Gasteiger partial charge in [0.1, 0.15) is 11.6 Å². The van der Waals surface area contributed by atoms with Gasteiger partial charge in [0.05, 0.1) is 38.7 Å². The fraction of sp³-hybridized carbons (Fsp3) is 0.250. The highest BCUT2D eigenvalue weighted by Gasteiger charge is 2.37. The van der Waals surface area contributed by atoms with Gasteiger partial charge in [0, 0.05) is 23.3 Å². The van der Waals surface area contributed by atoms with Crippen LogP contribution in [-0.4, -0.2) is 27.1 Å². The van der Waals surface area contributed by atoms with Crippen LogP contribution in [0.25, 0.3) is 0 Å². The van der Waals surface area contributed by atoms with Gasteiger partial charge in [0.25, 0.3) is 0 Å². The maximum Gasteiger partial charge on any atom is 0.203 e. The van der Waals surface area contributed by atoms with Crippen LogP contribution < -0.4 is 24.8 Å². The zero-order valence-corrected chi connectivity index (χ0v) is 20.2. The van der Waals surface area contributed by atoms with Crippen molar-refractivity contribution < 1.29 is 27.8 Å². The van der Waals surface area contributed by atoms with E-state index in [0.29, 0.717) is 40.6 Å². The Morgan fingerprint density at radius 1 is 0.861 bits per heavy atom. The number of rotatable bonds is 5. The molecule has 0 radical (unpaired) electrons. The van der Waals surface area contributed by atoms with E-state index in [4.69, 9.17) is 14.2 Å². The second-order valence-electron chi connectivity index (χ2n) is 8.79. The molecule has 0 bridgehead atoms. The third kappa shape index (κ3) is 4.12. The van der Waals surface area contributed by atoms with Crippen LogP contribution in [0.4, 0.5) is 20.2 Å². The normalized spacial score (nSPS) is 18.9. The standard InChI is InChI=1S/C28H26F2N2O4/c1-34-24-12-16(13-25(35-2)28(24)36-3)15-10-22-26(23(33)11-15)27(18-14-17(29)8-9-19(18)30)32-21-7-5-4-6-20(21)31-22/h4-9,12-15,27,31-32H,10-11H2,1-3H3/t15-,27+/m1/s1. The molecule has 0 saturated heterocycles. The zero-order chi connectivity index (χ0) is 25.4. The summed E-state index contributed by atoms with van der Waals surface area (Å²) in [5.41, 5.74) is 3.45. The second kappa shape index (κ2) is 9.53. The Labute approximate surface area is 207 Å². The Balaban J connectivity index is 1.62. The lowest BCUT2D eigenvalue weighted by atomic mass is 9.78. The van der Waals surface area contributed by atoms with Crippen LogP contribution in [0.3, 0.4) is 0 Å². The van der Waals surface area contributed by atoms with E-state index in [9.17, 15) is 13.6 Å². The van der Waals surface area contributed by atoms with Crippen LogP contribution >= 0.6 is 0 Å². The number of carbonyl (C=O) groups excluding carboxylic acids is 1. The molecule has 2 aliphatic rings. The molecule has 2 atom stereocenters. The number of hydrogen-bond donors (Lipinski definition) is 2. The Morgan fingerprint density at radius 2 is 1.56 bits per heavy atom. The predicted octanol–water partition coefficient (Wildman–Crippen LogP) is 5.97. The Hall–Kier alpha value is -4.07. The first-order valence-electron chi connectivity index (χ1n) is 11.6. The molecule has 0 amide bonds. The number of Topliss-reactive ketones (excluding diaryl/α,β-unsaturated/α-hetero) is 1. The molecular weight excluding hydrogens is 466 g/mol. The number of halogens is 2. The van der Waals surface area contributed by atoms with Gasteiger partial charge in [0.2, 0.25) is 5.75 Å². The van der Waals surface area contributed by atoms with E-state index in [-0.39, 0.29) is 23.7 Å². The molecule has 0 unspecified atom stereocenters. The fourth-order valence-electron chi connectivity index (χ4n) is 5.03. The summed E-state index contributed by atoms with van der Waals surface area (Å²) >= 11 is 0. The van der Waals surface area contributed by atoms with Gasteiger partial charge >= 0.3 is 0 Å². The fourth-order valence-corrected chi connectivity index (χ4v) is 5.03. The molecule has 0 spiro atoms. The summed E-state index contributed by atoms with van der Waals surface area (Å²) in [5.74, 6) is -0.0336. The van der Waals surface area contributed by atoms with Gasteiger partial charge in [-0.25, -0.2) is 8.78 Å². The number of allylic oxidation sites excluding steroid dienone is 1. The smallest absolute Gasteiger partial charge is 0.203 e. The van der Waals surface area contributed by atoms with E-state index in [0.717, 1.165) is 29.4 Å². The van der Waals surface area contributed by atoms with Crippen molar-refractivity contribution in [3.8, 4) is 17.2 Å². The van der Waals surface area contributed by atoms with Crippen molar-refractivity contribution in [2.45, 2.75) is 24.8 Å². The average Bonchev–Trinajstić information content (AvgIpc) is 3.06. The summed E-state index contributed by atoms with van der Waals surface area (Å²) in [6.07, 6.45) is 0.660. The number of nitrogens with one attached hydrogen (secondary N) is 2. The number of carbonyl (C=O) groups is 1. The summed E-state index contributed by atoms with van der Waals surface area (Å²) < 4.78 is 45.5. The van der Waals surface area contributed by atoms with Gasteiger partial charge < -0.3 is 24.8 Å². The lowest BCUT2D eigenvalue weighted by molar-refractivity contribution is -0.116. The highest BCUT2D eigenvalue weighted by atomic mass is 19.1. The molecule has 0 saturated carbocycles. The molecule has 3 aromatic carbocycles. The molecule has 36 heavy (non-hydrogen) atoms. The minimum atomic E-state index is -0.847. The lowest BCUT2D eigenvalue weighted by Gasteiger charge is -2.30. The first-order valence-corrected chi connectivity index (χ1v) is 11.6. The van der Waals surface area contributed by atoms with Crippen molar-refractivity contribution in [3.05, 3.63) is 88.6 Å². The zero-order valence-electron chi connectivity index (χ0n) is 20.2. The lowest BCUT2D eigenvalue weighted by Crippen LogP contribution is -2.27. The van der Waals surface area contributed by atoms with Crippen LogP contribution in [0, 0.1) is 11.6 Å². The summed E-state index contributed by atoms with van der Waals surface area (Å²) in [4.78, 5) is 13.7. The van der Waals surface area contributed by atoms with Crippen molar-refractivity contribution in [1.29, 1.82) is 0 Å². The maximum absolute atomic E-state index is 14.9. The van der Waals surface area contributed by atoms with Gasteiger partial charge in [-0.2, -0.15) is 0 Å². The predicted molar refractivity (Wildman–Crippen MR) is 133 cm³/mol. The molecule has 1 heterocycles. The van der Waals surface area contributed by atoms with Gasteiger partial charge in [0.15, 0.2) is 17.3 Å². The molecule has 0 aromatic heterocycles. The molecule has 5 rings (SSSR count). The number of ether oxygens (including phenoxy) is 3. The first-order chi connectivity index (χ1) is 17.4. The Morgan fingerprint density at radius 3 is 2.22 bits per heavy atom. The molecule has 1 aliphatic carbocycles.